The van der Waals surface area contributed by atoms with Crippen molar-refractivity contribution in [2.24, 2.45) is 10.9 Å². The fourth-order valence-electron chi connectivity index (χ4n) is 3.24. The number of unbranched alkanes of at least 4 members (excludes halogenated alkanes) is 1. The molecule has 1 saturated heterocycles. The van der Waals surface area contributed by atoms with Gasteiger partial charge >= 0.3 is 0 Å². The van der Waals surface area contributed by atoms with Crippen molar-refractivity contribution in [3.8, 4) is 0 Å². The summed E-state index contributed by atoms with van der Waals surface area (Å²) in [7, 11) is 1.89. The molecule has 0 unspecified atom stereocenters. The fourth-order valence-corrected chi connectivity index (χ4v) is 3.24. The van der Waals surface area contributed by atoms with E-state index in [9.17, 15) is 0 Å². The lowest BCUT2D eigenvalue weighted by Crippen LogP contribution is -2.53. The van der Waals surface area contributed by atoms with Crippen LogP contribution >= 0.6 is 0 Å². The molecule has 1 N–H and O–H groups in total. The van der Waals surface area contributed by atoms with Crippen LogP contribution in [0.4, 0.5) is 0 Å². The molecule has 1 aliphatic heterocycles. The molecule has 136 valence electrons. The van der Waals surface area contributed by atoms with Gasteiger partial charge in [-0.25, -0.2) is 4.98 Å². The molecule has 0 atom stereocenters. The third-order valence-corrected chi connectivity index (χ3v) is 4.54. The molecule has 1 aromatic heterocycles. The number of aromatic nitrogens is 2. The van der Waals surface area contributed by atoms with Crippen molar-refractivity contribution < 1.29 is 0 Å². The lowest BCUT2D eigenvalue weighted by Gasteiger charge is -2.37. The highest BCUT2D eigenvalue weighted by molar-refractivity contribution is 5.79. The van der Waals surface area contributed by atoms with E-state index in [4.69, 9.17) is 0 Å². The molecule has 6 heteroatoms. The minimum atomic E-state index is 0.744. The van der Waals surface area contributed by atoms with Gasteiger partial charge in [0.05, 0.1) is 0 Å². The monoisotopic (exact) mass is 334 g/mol. The average molecular weight is 335 g/mol. The SMILES string of the molecule is CN=C(NCCCCn1ccnc1C)N1CCN(CC(C)C)CC1. The van der Waals surface area contributed by atoms with Gasteiger partial charge in [0.25, 0.3) is 0 Å². The van der Waals surface area contributed by atoms with Crippen LogP contribution in [0.5, 0.6) is 0 Å². The highest BCUT2D eigenvalue weighted by atomic mass is 15.3. The summed E-state index contributed by atoms with van der Waals surface area (Å²) in [6.07, 6.45) is 6.22. The first-order valence-electron chi connectivity index (χ1n) is 9.26. The molecule has 0 saturated carbocycles. The predicted octanol–water partition coefficient (Wildman–Crippen LogP) is 1.82. The van der Waals surface area contributed by atoms with Crippen LogP contribution in [-0.2, 0) is 6.54 Å². The Bertz CT molecular complexity index is 499. The zero-order chi connectivity index (χ0) is 17.4. The summed E-state index contributed by atoms with van der Waals surface area (Å²) >= 11 is 0. The third-order valence-electron chi connectivity index (χ3n) is 4.54. The molecular weight excluding hydrogens is 300 g/mol. The van der Waals surface area contributed by atoms with E-state index in [1.807, 2.05) is 13.2 Å². The first kappa shape index (κ1) is 18.8. The number of imidazole rings is 1. The van der Waals surface area contributed by atoms with Gasteiger partial charge in [0.15, 0.2) is 5.96 Å². The number of rotatable bonds is 7. The van der Waals surface area contributed by atoms with Crippen LogP contribution < -0.4 is 5.32 Å². The number of piperazine rings is 1. The van der Waals surface area contributed by atoms with Crippen LogP contribution in [0, 0.1) is 12.8 Å². The number of nitrogens with one attached hydrogen (secondary N) is 1. The Kier molecular flexibility index (Phi) is 7.56. The van der Waals surface area contributed by atoms with Gasteiger partial charge in [0, 0.05) is 65.3 Å². The topological polar surface area (TPSA) is 48.7 Å². The predicted molar refractivity (Wildman–Crippen MR) is 100 cm³/mol. The second kappa shape index (κ2) is 9.67. The third kappa shape index (κ3) is 5.82. The van der Waals surface area contributed by atoms with Crippen molar-refractivity contribution in [2.75, 3.05) is 46.3 Å². The molecule has 24 heavy (non-hydrogen) atoms. The smallest absolute Gasteiger partial charge is 0.193 e. The summed E-state index contributed by atoms with van der Waals surface area (Å²) < 4.78 is 2.21. The minimum Gasteiger partial charge on any atom is -0.356 e. The zero-order valence-electron chi connectivity index (χ0n) is 15.8. The van der Waals surface area contributed by atoms with Crippen molar-refractivity contribution in [2.45, 2.75) is 40.2 Å². The van der Waals surface area contributed by atoms with Gasteiger partial charge in [-0.15, -0.1) is 0 Å². The van der Waals surface area contributed by atoms with Crippen molar-refractivity contribution in [3.63, 3.8) is 0 Å². The standard InChI is InChI=1S/C18H34N6/c1-16(2)15-22-11-13-24(14-12-22)18(19-4)21-7-5-6-9-23-10-8-20-17(23)3/h8,10,16H,5-7,9,11-15H2,1-4H3,(H,19,21). The maximum absolute atomic E-state index is 4.46. The number of nitrogens with zero attached hydrogens (tertiary/aromatic N) is 5. The summed E-state index contributed by atoms with van der Waals surface area (Å²) in [5.41, 5.74) is 0. The molecule has 0 amide bonds. The van der Waals surface area contributed by atoms with E-state index in [1.54, 1.807) is 0 Å². The van der Waals surface area contributed by atoms with Crippen LogP contribution in [0.1, 0.15) is 32.5 Å². The van der Waals surface area contributed by atoms with Crippen LogP contribution in [0.2, 0.25) is 0 Å². The van der Waals surface area contributed by atoms with Gasteiger partial charge < -0.3 is 14.8 Å². The van der Waals surface area contributed by atoms with Crippen LogP contribution in [-0.4, -0.2) is 71.6 Å². The Morgan fingerprint density at radius 1 is 1.25 bits per heavy atom. The average Bonchev–Trinajstić information content (AvgIpc) is 2.96. The van der Waals surface area contributed by atoms with Crippen molar-refractivity contribution in [1.29, 1.82) is 0 Å². The van der Waals surface area contributed by atoms with E-state index < -0.39 is 0 Å². The van der Waals surface area contributed by atoms with Crippen LogP contribution in [0.25, 0.3) is 0 Å². The van der Waals surface area contributed by atoms with Crippen molar-refractivity contribution in [3.05, 3.63) is 18.2 Å². The highest BCUT2D eigenvalue weighted by Crippen LogP contribution is 2.06. The molecule has 6 nitrogen and oxygen atoms in total. The number of hydrogen-bond acceptors (Lipinski definition) is 3. The molecule has 2 heterocycles. The van der Waals surface area contributed by atoms with Gasteiger partial charge in [0.2, 0.25) is 0 Å². The molecule has 0 bridgehead atoms. The number of hydrogen-bond donors (Lipinski definition) is 1. The second-order valence-corrected chi connectivity index (χ2v) is 7.03. The quantitative estimate of drug-likeness (QED) is 0.469. The Hall–Kier alpha value is -1.56. The van der Waals surface area contributed by atoms with E-state index >= 15 is 0 Å². The number of aryl methyl sites for hydroxylation is 2. The van der Waals surface area contributed by atoms with Crippen molar-refractivity contribution in [1.82, 2.24) is 24.7 Å². The first-order chi connectivity index (χ1) is 11.6. The van der Waals surface area contributed by atoms with Crippen LogP contribution in [0.15, 0.2) is 17.4 Å². The maximum atomic E-state index is 4.46. The Morgan fingerprint density at radius 3 is 2.58 bits per heavy atom. The van der Waals surface area contributed by atoms with Crippen LogP contribution in [0.3, 0.4) is 0 Å². The maximum Gasteiger partial charge on any atom is 0.193 e. The van der Waals surface area contributed by atoms with E-state index in [-0.39, 0.29) is 0 Å². The van der Waals surface area contributed by atoms with Gasteiger partial charge in [-0.3, -0.25) is 9.89 Å². The molecule has 0 aliphatic carbocycles. The summed E-state index contributed by atoms with van der Waals surface area (Å²) in [6, 6.07) is 0. The highest BCUT2D eigenvalue weighted by Gasteiger charge is 2.19. The van der Waals surface area contributed by atoms with Gasteiger partial charge in [0.1, 0.15) is 5.82 Å². The Balaban J connectivity index is 1.63. The van der Waals surface area contributed by atoms with Crippen molar-refractivity contribution >= 4 is 5.96 Å². The Labute approximate surface area is 147 Å². The minimum absolute atomic E-state index is 0.744. The number of guanidine groups is 1. The molecule has 0 radical (unpaired) electrons. The molecule has 1 aromatic rings. The molecule has 1 aliphatic rings. The first-order valence-corrected chi connectivity index (χ1v) is 9.26. The van der Waals surface area contributed by atoms with E-state index in [2.05, 4.69) is 56.6 Å². The molecule has 1 fully saturated rings. The summed E-state index contributed by atoms with van der Waals surface area (Å²) in [6.45, 7) is 14.3. The second-order valence-electron chi connectivity index (χ2n) is 7.03. The summed E-state index contributed by atoms with van der Waals surface area (Å²) in [5, 5.41) is 3.52. The fraction of sp³-hybridized carbons (Fsp3) is 0.778. The number of aliphatic imine (C=N–C) groups is 1. The lowest BCUT2D eigenvalue weighted by molar-refractivity contribution is 0.164. The summed E-state index contributed by atoms with van der Waals surface area (Å²) in [4.78, 5) is 13.7. The van der Waals surface area contributed by atoms with Gasteiger partial charge in [-0.2, -0.15) is 0 Å². The van der Waals surface area contributed by atoms with Gasteiger partial charge in [-0.05, 0) is 25.7 Å². The molecule has 0 aromatic carbocycles. The largest absolute Gasteiger partial charge is 0.356 e. The lowest BCUT2D eigenvalue weighted by atomic mass is 10.2. The van der Waals surface area contributed by atoms with E-state index in [0.717, 1.165) is 69.8 Å². The van der Waals surface area contributed by atoms with Gasteiger partial charge in [-0.1, -0.05) is 13.8 Å². The van der Waals surface area contributed by atoms with E-state index in [0.29, 0.717) is 0 Å². The molecular formula is C18H34N6. The molecule has 2 rings (SSSR count). The Morgan fingerprint density at radius 2 is 2.00 bits per heavy atom. The molecule has 0 spiro atoms. The summed E-state index contributed by atoms with van der Waals surface area (Å²) in [5.74, 6) is 2.89. The van der Waals surface area contributed by atoms with E-state index in [1.165, 1.54) is 6.54 Å². The normalized spacial score (nSPS) is 16.9. The zero-order valence-corrected chi connectivity index (χ0v) is 15.8.